The van der Waals surface area contributed by atoms with Gasteiger partial charge in [-0.15, -0.1) is 0 Å². The van der Waals surface area contributed by atoms with Crippen LogP contribution in [0.25, 0.3) is 0 Å². The van der Waals surface area contributed by atoms with Crippen LogP contribution in [-0.2, 0) is 4.74 Å². The second kappa shape index (κ2) is 7.55. The fraction of sp³-hybridized carbons (Fsp3) is 0.462. The lowest BCUT2D eigenvalue weighted by Crippen LogP contribution is -2.06. The summed E-state index contributed by atoms with van der Waals surface area (Å²) in [6, 6.07) is 4.03. The summed E-state index contributed by atoms with van der Waals surface area (Å²) < 4.78 is 18.7. The molecule has 1 rings (SSSR count). The lowest BCUT2D eigenvalue weighted by Gasteiger charge is -2.05. The lowest BCUT2D eigenvalue weighted by atomic mass is 10.2. The van der Waals surface area contributed by atoms with E-state index in [2.05, 4.69) is 10.2 Å². The Labute approximate surface area is 109 Å². The fourth-order valence-electron chi connectivity index (χ4n) is 1.51. The number of ether oxygens (including phenoxy) is 1. The molecule has 0 heterocycles. The maximum atomic E-state index is 11.8. The van der Waals surface area contributed by atoms with Crippen molar-refractivity contribution in [1.82, 2.24) is 0 Å². The maximum absolute atomic E-state index is 11.8. The summed E-state index contributed by atoms with van der Waals surface area (Å²) in [5.74, 6) is -0.348. The zero-order valence-corrected chi connectivity index (χ0v) is 10.1. The van der Waals surface area contributed by atoms with Crippen molar-refractivity contribution in [3.05, 3.63) is 23.8 Å². The summed E-state index contributed by atoms with van der Waals surface area (Å²) in [6.45, 7) is 0.461. The molecule has 0 aliphatic heterocycles. The molecule has 100 valence electrons. The van der Waals surface area contributed by atoms with E-state index in [4.69, 9.17) is 12.7 Å². The molecule has 18 heavy (non-hydrogen) atoms. The standard InChI is InChI=1S/C13H18O5/c14-5-3-1-2-4-6-18-13(17)10-7-11(15)9-12(16)8-10/h7-9,14-16H,1-6H2/i/hD2. The predicted molar refractivity (Wildman–Crippen MR) is 65.6 cm³/mol. The highest BCUT2D eigenvalue weighted by atomic mass is 16.5. The van der Waals surface area contributed by atoms with E-state index in [-0.39, 0.29) is 30.3 Å². The number of rotatable bonds is 9. The molecule has 0 amide bonds. The van der Waals surface area contributed by atoms with Gasteiger partial charge in [0.2, 0.25) is 0 Å². The molecular formula is C13H18O5. The Hall–Kier alpha value is -1.75. The summed E-state index contributed by atoms with van der Waals surface area (Å²) in [4.78, 5) is 11.8. The fourth-order valence-corrected chi connectivity index (χ4v) is 1.51. The number of unbranched alkanes of at least 4 members (excludes halogenated alkanes) is 3. The first kappa shape index (κ1) is 11.3. The van der Waals surface area contributed by atoms with E-state index >= 15 is 0 Å². The Morgan fingerprint density at radius 3 is 2.39 bits per heavy atom. The van der Waals surface area contributed by atoms with Crippen LogP contribution in [0.1, 0.15) is 36.0 Å². The van der Waals surface area contributed by atoms with E-state index in [0.29, 0.717) is 0 Å². The van der Waals surface area contributed by atoms with Crippen LogP contribution < -0.4 is 0 Å². The van der Waals surface area contributed by atoms with Crippen molar-refractivity contribution in [2.24, 2.45) is 0 Å². The smallest absolute Gasteiger partial charge is 0.338 e. The number of aromatic hydroxyl groups is 2. The largest absolute Gasteiger partial charge is 0.508 e. The van der Waals surface area contributed by atoms with E-state index in [9.17, 15) is 4.79 Å². The SMILES string of the molecule is [2H]Oc1cc(O[2H])cc(C(=O)OCCCCCCO)c1. The van der Waals surface area contributed by atoms with Crippen LogP contribution in [-0.4, -0.2) is 37.4 Å². The third-order valence-electron chi connectivity index (χ3n) is 2.40. The molecule has 0 aromatic heterocycles. The van der Waals surface area contributed by atoms with Crippen molar-refractivity contribution in [3.63, 3.8) is 0 Å². The highest BCUT2D eigenvalue weighted by molar-refractivity contribution is 5.90. The molecule has 1 aromatic carbocycles. The first-order chi connectivity index (χ1) is 9.71. The van der Waals surface area contributed by atoms with Gasteiger partial charge in [0.1, 0.15) is 11.5 Å². The third kappa shape index (κ3) is 5.05. The lowest BCUT2D eigenvalue weighted by molar-refractivity contribution is 0.0496. The molecule has 0 aliphatic rings. The predicted octanol–water partition coefficient (Wildman–Crippen LogP) is 1.81. The number of aliphatic hydroxyl groups is 1. The molecule has 0 atom stereocenters. The molecule has 0 saturated heterocycles. The van der Waals surface area contributed by atoms with Crippen molar-refractivity contribution >= 4 is 5.97 Å². The van der Waals surface area contributed by atoms with Crippen LogP contribution in [0.4, 0.5) is 0 Å². The Balaban J connectivity index is 2.46. The number of carbonyl (C=O) groups excluding carboxylic acids is 1. The van der Waals surface area contributed by atoms with Crippen LogP contribution in [0.15, 0.2) is 18.2 Å². The number of esters is 1. The number of aliphatic hydroxyl groups excluding tert-OH is 1. The minimum Gasteiger partial charge on any atom is -0.508 e. The number of hydrogen-bond donors (Lipinski definition) is 3. The highest BCUT2D eigenvalue weighted by Gasteiger charge is 2.09. The molecule has 0 saturated carbocycles. The van der Waals surface area contributed by atoms with Crippen LogP contribution in [0.5, 0.6) is 11.5 Å². The van der Waals surface area contributed by atoms with E-state index < -0.39 is 5.97 Å². The number of carbonyl (C=O) groups is 1. The van der Waals surface area contributed by atoms with Crippen molar-refractivity contribution < 1.29 is 24.9 Å². The van der Waals surface area contributed by atoms with Gasteiger partial charge in [0.25, 0.3) is 2.86 Å². The molecule has 5 heteroatoms. The van der Waals surface area contributed by atoms with E-state index in [1.165, 1.54) is 18.2 Å². The van der Waals surface area contributed by atoms with Gasteiger partial charge in [0.05, 0.1) is 12.2 Å². The molecule has 0 fully saturated rings. The number of phenolic OH excluding ortho intramolecular Hbond substituents is 2. The highest BCUT2D eigenvalue weighted by Crippen LogP contribution is 2.20. The Morgan fingerprint density at radius 1 is 1.11 bits per heavy atom. The monoisotopic (exact) mass is 256 g/mol. The van der Waals surface area contributed by atoms with Gasteiger partial charge in [0, 0.05) is 12.7 Å². The quantitative estimate of drug-likeness (QED) is 0.463. The maximum Gasteiger partial charge on any atom is 0.338 e. The molecule has 0 radical (unpaired) electrons. The minimum atomic E-state index is -0.552. The minimum absolute atomic E-state index is 0.102. The van der Waals surface area contributed by atoms with Crippen molar-refractivity contribution in [1.29, 1.82) is 2.86 Å². The van der Waals surface area contributed by atoms with E-state index in [0.717, 1.165) is 25.7 Å². The Morgan fingerprint density at radius 2 is 1.78 bits per heavy atom. The molecule has 1 aromatic rings. The summed E-state index contributed by atoms with van der Waals surface area (Å²) in [7, 11) is 0. The number of benzene rings is 1. The summed E-state index contributed by atoms with van der Waals surface area (Å²) in [5.41, 5.74) is 0.173. The molecule has 3 N–H and O–H groups in total. The normalized spacial score (nSPS) is 11.4. The van der Waals surface area contributed by atoms with Gasteiger partial charge in [-0.25, -0.2) is 4.79 Å². The second-order valence-corrected chi connectivity index (χ2v) is 3.97. The van der Waals surface area contributed by atoms with E-state index in [1.807, 2.05) is 0 Å². The van der Waals surface area contributed by atoms with Gasteiger partial charge in [-0.05, 0) is 31.4 Å². The van der Waals surface area contributed by atoms with Crippen LogP contribution in [0, 0.1) is 0 Å². The number of hydrogen-bond acceptors (Lipinski definition) is 5. The zero-order chi connectivity index (χ0) is 14.8. The zero-order valence-electron chi connectivity index (χ0n) is 12.1. The molecule has 0 aliphatic carbocycles. The van der Waals surface area contributed by atoms with Crippen molar-refractivity contribution in [2.45, 2.75) is 25.7 Å². The van der Waals surface area contributed by atoms with Gasteiger partial charge >= 0.3 is 5.97 Å². The van der Waals surface area contributed by atoms with Gasteiger partial charge in [-0.2, -0.15) is 0 Å². The van der Waals surface area contributed by atoms with Gasteiger partial charge < -0.3 is 20.1 Å². The summed E-state index contributed by atoms with van der Waals surface area (Å²) in [6.07, 6.45) is 3.25. The van der Waals surface area contributed by atoms with Gasteiger partial charge in [-0.3, -0.25) is 0 Å². The van der Waals surface area contributed by atoms with Gasteiger partial charge in [-0.1, -0.05) is 6.42 Å². The third-order valence-corrected chi connectivity index (χ3v) is 2.40. The van der Waals surface area contributed by atoms with Crippen molar-refractivity contribution in [2.75, 3.05) is 13.2 Å². The molecule has 0 bridgehead atoms. The molecular weight excluding hydrogens is 236 g/mol. The topological polar surface area (TPSA) is 87.0 Å². The molecule has 5 nitrogen and oxygen atoms in total. The first-order valence-corrected chi connectivity index (χ1v) is 5.90. The molecule has 0 unspecified atom stereocenters. The summed E-state index contributed by atoms with van der Waals surface area (Å²) >= 11 is 0. The van der Waals surface area contributed by atoms with Gasteiger partial charge in [0.15, 0.2) is 0 Å². The second-order valence-electron chi connectivity index (χ2n) is 3.97. The van der Waals surface area contributed by atoms with Crippen LogP contribution in [0.3, 0.4) is 0 Å². The number of phenols is 2. The Bertz CT molecular complexity index is 403. The Kier molecular flexibility index (Phi) is 4.76. The average Bonchev–Trinajstić information content (AvgIpc) is 2.49. The van der Waals surface area contributed by atoms with Crippen LogP contribution in [0.2, 0.25) is 0 Å². The van der Waals surface area contributed by atoms with Crippen LogP contribution >= 0.6 is 0 Å². The van der Waals surface area contributed by atoms with E-state index in [1.54, 1.807) is 0 Å². The average molecular weight is 256 g/mol. The molecule has 0 spiro atoms. The summed E-state index contributed by atoms with van der Waals surface area (Å²) in [5, 5.41) is 17.2. The van der Waals surface area contributed by atoms with Crippen molar-refractivity contribution in [3.8, 4) is 11.5 Å². The first-order valence-electron chi connectivity index (χ1n) is 6.72.